The fourth-order valence-electron chi connectivity index (χ4n) is 9.64. The Labute approximate surface area is 415 Å². The number of aromatic nitrogens is 2. The van der Waals surface area contributed by atoms with E-state index in [1.807, 2.05) is 6.07 Å². The number of hydrogen-bond donors (Lipinski definition) is 2. The number of amidine groups is 1. The van der Waals surface area contributed by atoms with Crippen LogP contribution in [0, 0.1) is 52.5 Å². The second-order valence-corrected chi connectivity index (χ2v) is 18.3. The highest BCUT2D eigenvalue weighted by atomic mass is 19.4. The monoisotopic (exact) mass is 1030 g/mol. The molecule has 2 aliphatic carbocycles. The predicted octanol–water partition coefficient (Wildman–Crippen LogP) is 7.45. The molecule has 382 valence electrons. The first-order valence-electron chi connectivity index (χ1n) is 22.5. The molecule has 3 heterocycles. The zero-order chi connectivity index (χ0) is 53.7. The Morgan fingerprint density at radius 2 is 1.14 bits per heavy atom. The summed E-state index contributed by atoms with van der Waals surface area (Å²) in [7, 11) is 0. The minimum Gasteiger partial charge on any atom is -0.339 e. The van der Waals surface area contributed by atoms with E-state index in [9.17, 15) is 59.1 Å². The predicted molar refractivity (Wildman–Crippen MR) is 242 cm³/mol. The first-order chi connectivity index (χ1) is 34.9. The molecule has 5 amide bonds. The number of piperazine rings is 2. The van der Waals surface area contributed by atoms with Crippen LogP contribution in [0.4, 0.5) is 46.5 Å². The van der Waals surface area contributed by atoms with Crippen LogP contribution >= 0.6 is 0 Å². The smallest absolute Gasteiger partial charge is 0.339 e. The summed E-state index contributed by atoms with van der Waals surface area (Å²) < 4.78 is 113. The van der Waals surface area contributed by atoms with Crippen molar-refractivity contribution in [2.75, 3.05) is 22.9 Å². The minimum absolute atomic E-state index is 0.0260. The molecular formula is C50H40F8N10O6. The highest BCUT2D eigenvalue weighted by molar-refractivity contribution is 6.12. The Kier molecular flexibility index (Phi) is 13.6. The van der Waals surface area contributed by atoms with Gasteiger partial charge in [0.1, 0.15) is 35.8 Å². The summed E-state index contributed by atoms with van der Waals surface area (Å²) in [5.41, 5.74) is -4.11. The van der Waals surface area contributed by atoms with E-state index in [-0.39, 0.29) is 73.0 Å². The molecule has 9 rings (SSSR count). The molecule has 1 aromatic heterocycles. The molecule has 16 nitrogen and oxygen atoms in total. The number of carbonyl (C=O) groups is 5. The van der Waals surface area contributed by atoms with E-state index in [2.05, 4.69) is 15.5 Å². The summed E-state index contributed by atoms with van der Waals surface area (Å²) in [4.78, 5) is 75.5. The van der Waals surface area contributed by atoms with Crippen LogP contribution in [0.5, 0.6) is 0 Å². The van der Waals surface area contributed by atoms with Gasteiger partial charge in [0.15, 0.2) is 5.82 Å². The summed E-state index contributed by atoms with van der Waals surface area (Å²) in [6.45, 7) is 1.72. The molecular weight excluding hydrogens is 989 g/mol. The van der Waals surface area contributed by atoms with E-state index in [0.29, 0.717) is 22.8 Å². The number of alkyl halides is 6. The van der Waals surface area contributed by atoms with E-state index in [1.165, 1.54) is 65.3 Å². The van der Waals surface area contributed by atoms with Gasteiger partial charge in [0.2, 0.25) is 23.6 Å². The van der Waals surface area contributed by atoms with Crippen molar-refractivity contribution in [3.63, 3.8) is 0 Å². The van der Waals surface area contributed by atoms with Gasteiger partial charge in [-0.25, -0.2) is 8.78 Å². The Bertz CT molecular complexity index is 3170. The van der Waals surface area contributed by atoms with Gasteiger partial charge < -0.3 is 19.6 Å². The Morgan fingerprint density at radius 1 is 0.716 bits per heavy atom. The minimum atomic E-state index is -4.54. The third-order valence-corrected chi connectivity index (χ3v) is 13.4. The van der Waals surface area contributed by atoms with Crippen LogP contribution in [0.2, 0.25) is 0 Å². The van der Waals surface area contributed by atoms with Gasteiger partial charge in [0, 0.05) is 24.9 Å². The molecule has 74 heavy (non-hydrogen) atoms. The molecule has 2 N–H and O–H groups in total. The van der Waals surface area contributed by atoms with Crippen LogP contribution in [-0.2, 0) is 49.4 Å². The molecule has 2 spiro atoms. The quantitative estimate of drug-likeness (QED) is 0.0888. The zero-order valence-electron chi connectivity index (χ0n) is 38.9. The summed E-state index contributed by atoms with van der Waals surface area (Å²) in [5.74, 6) is -4.88. The zero-order valence-corrected chi connectivity index (χ0v) is 38.9. The lowest BCUT2D eigenvalue weighted by Crippen LogP contribution is -2.73. The van der Waals surface area contributed by atoms with Gasteiger partial charge in [-0.05, 0) is 111 Å². The van der Waals surface area contributed by atoms with Crippen LogP contribution in [0.3, 0.4) is 0 Å². The molecule has 4 aromatic carbocycles. The second-order valence-electron chi connectivity index (χ2n) is 18.3. The Morgan fingerprint density at radius 3 is 1.49 bits per heavy atom. The summed E-state index contributed by atoms with van der Waals surface area (Å²) in [6.07, 6.45) is -9.02. The highest BCUT2D eigenvalue weighted by Crippen LogP contribution is 2.52. The number of benzene rings is 4. The van der Waals surface area contributed by atoms with E-state index in [4.69, 9.17) is 20.5 Å². The standard InChI is InChI=1S/C25H19F4N5O3.C25H21F4N5O3/c1-14-31-22(37-32-14)17-9-24(10-17)23(36)33(20-7-4-16(11-30)8-19(20)26)13-21(35)34(24)12-15-2-5-18(6-3-15)25(27,28)29;1-14(31)32-22(36)17-9-24(10-17)23(37)33(20-7-4-16(11-30)8-19(20)26)13-21(35)34(24)12-15-2-5-18(6-3-15)25(27,28)29/h2-8,17H,9-10,12-13H2,1H3;2-8,17H,9-10,12-13H2,1H3,(H2,31,32,36). The van der Waals surface area contributed by atoms with Crippen molar-refractivity contribution in [2.24, 2.45) is 5.92 Å². The average molecular weight is 1030 g/mol. The lowest BCUT2D eigenvalue weighted by atomic mass is 9.64. The van der Waals surface area contributed by atoms with Crippen molar-refractivity contribution in [1.82, 2.24) is 25.3 Å². The summed E-state index contributed by atoms with van der Waals surface area (Å²) in [5, 5.41) is 31.6. The first-order valence-corrected chi connectivity index (χ1v) is 22.5. The first kappa shape index (κ1) is 51.8. The second kappa shape index (κ2) is 19.5. The number of rotatable bonds is 8. The SMILES string of the molecule is CC(=N)NC(=O)C1CC2(C1)C(=O)N(c1ccc(C#N)cc1F)CC(=O)N2Cc1ccc(C(F)(F)F)cc1.Cc1noc(C2CC3(C2)C(=O)N(c2ccc(C#N)cc2F)CC(=O)N3Cc2ccc(C(F)(F)F)cc2)n1. The lowest BCUT2D eigenvalue weighted by molar-refractivity contribution is -0.164. The highest BCUT2D eigenvalue weighted by Gasteiger charge is 2.63. The number of aryl methyl sites for hydroxylation is 1. The number of anilines is 2. The molecule has 4 fully saturated rings. The van der Waals surface area contributed by atoms with Gasteiger partial charge in [-0.3, -0.25) is 39.2 Å². The molecule has 5 aromatic rings. The molecule has 4 aliphatic rings. The normalized spacial score (nSPS) is 21.6. The summed E-state index contributed by atoms with van der Waals surface area (Å²) >= 11 is 0. The van der Waals surface area contributed by atoms with Crippen molar-refractivity contribution in [2.45, 2.75) is 82.0 Å². The van der Waals surface area contributed by atoms with E-state index in [0.717, 1.165) is 46.2 Å². The van der Waals surface area contributed by atoms with Crippen molar-refractivity contribution in [3.05, 3.63) is 142 Å². The molecule has 2 saturated carbocycles. The van der Waals surface area contributed by atoms with Crippen molar-refractivity contribution < 1.29 is 63.6 Å². The Hall–Kier alpha value is -8.54. The topological polar surface area (TPSA) is 221 Å². The van der Waals surface area contributed by atoms with Crippen LogP contribution in [-0.4, -0.2) is 79.5 Å². The van der Waals surface area contributed by atoms with Gasteiger partial charge in [0.25, 0.3) is 11.8 Å². The number of amides is 5. The molecule has 2 saturated heterocycles. The van der Waals surface area contributed by atoms with Crippen LogP contribution in [0.15, 0.2) is 89.5 Å². The third kappa shape index (κ3) is 9.86. The van der Waals surface area contributed by atoms with Crippen LogP contribution in [0.1, 0.15) is 83.6 Å². The van der Waals surface area contributed by atoms with Crippen molar-refractivity contribution in [1.29, 1.82) is 15.9 Å². The van der Waals surface area contributed by atoms with Crippen molar-refractivity contribution in [3.8, 4) is 12.1 Å². The fourth-order valence-corrected chi connectivity index (χ4v) is 9.64. The van der Waals surface area contributed by atoms with Gasteiger partial charge >= 0.3 is 12.4 Å². The van der Waals surface area contributed by atoms with E-state index >= 15 is 0 Å². The van der Waals surface area contributed by atoms with E-state index < -0.39 is 94.7 Å². The maximum absolute atomic E-state index is 14.8. The molecule has 0 atom stereocenters. The lowest BCUT2D eigenvalue weighted by Gasteiger charge is -2.56. The number of nitrogens with one attached hydrogen (secondary N) is 2. The number of nitriles is 2. The van der Waals surface area contributed by atoms with Crippen molar-refractivity contribution >= 4 is 46.7 Å². The van der Waals surface area contributed by atoms with Gasteiger partial charge in [-0.15, -0.1) is 0 Å². The number of halogens is 8. The molecule has 0 bridgehead atoms. The Balaban J connectivity index is 0.000000197. The average Bonchev–Trinajstić information content (AvgIpc) is 3.75. The molecule has 24 heteroatoms. The largest absolute Gasteiger partial charge is 0.416 e. The molecule has 0 radical (unpaired) electrons. The van der Waals surface area contributed by atoms with Crippen LogP contribution < -0.4 is 15.1 Å². The van der Waals surface area contributed by atoms with Crippen LogP contribution in [0.25, 0.3) is 0 Å². The molecule has 2 aliphatic heterocycles. The van der Waals surface area contributed by atoms with Gasteiger partial charge in [-0.2, -0.15) is 41.9 Å². The van der Waals surface area contributed by atoms with Gasteiger partial charge in [-0.1, -0.05) is 29.4 Å². The fraction of sp³-hybridized carbons (Fsp3) is 0.320. The molecule has 0 unspecified atom stereocenters. The number of hydrogen-bond acceptors (Lipinski definition) is 11. The third-order valence-electron chi connectivity index (χ3n) is 13.4. The summed E-state index contributed by atoms with van der Waals surface area (Å²) in [6, 6.07) is 19.2. The maximum Gasteiger partial charge on any atom is 0.416 e. The van der Waals surface area contributed by atoms with E-state index in [1.54, 1.807) is 13.0 Å². The maximum atomic E-state index is 14.8. The van der Waals surface area contributed by atoms with Gasteiger partial charge in [0.05, 0.1) is 51.6 Å². The number of carbonyl (C=O) groups excluding carboxylic acids is 5. The number of nitrogens with zero attached hydrogens (tertiary/aromatic N) is 8.